The fourth-order valence-corrected chi connectivity index (χ4v) is 4.19. The highest BCUT2D eigenvalue weighted by Gasteiger charge is 2.45. The van der Waals surface area contributed by atoms with Crippen molar-refractivity contribution >= 4 is 36.0 Å². The summed E-state index contributed by atoms with van der Waals surface area (Å²) >= 11 is 0. The summed E-state index contributed by atoms with van der Waals surface area (Å²) in [7, 11) is 0. The van der Waals surface area contributed by atoms with E-state index in [1.807, 2.05) is 44.7 Å². The molecule has 2 fully saturated rings. The Labute approximate surface area is 196 Å². The molecule has 1 amide bonds. The predicted octanol–water partition coefficient (Wildman–Crippen LogP) is 4.00. The zero-order valence-electron chi connectivity index (χ0n) is 18.4. The second-order valence-corrected chi connectivity index (χ2v) is 8.95. The first-order valence-electron chi connectivity index (χ1n) is 10.6. The molecule has 2 bridgehead atoms. The number of nitrogens with one attached hydrogen (secondary N) is 2. The number of rotatable bonds is 4. The maximum Gasteiger partial charge on any atom is 0.410 e. The molecule has 3 N–H and O–H groups in total. The summed E-state index contributed by atoms with van der Waals surface area (Å²) < 4.78 is 5.62. The van der Waals surface area contributed by atoms with Gasteiger partial charge in [-0.15, -0.1) is 24.0 Å². The first-order chi connectivity index (χ1) is 13.7. The van der Waals surface area contributed by atoms with E-state index in [0.717, 1.165) is 43.8 Å². The molecule has 1 aromatic carbocycles. The van der Waals surface area contributed by atoms with E-state index < -0.39 is 5.60 Å². The molecule has 0 spiro atoms. The highest BCUT2D eigenvalue weighted by Crippen LogP contribution is 2.36. The third-order valence-corrected chi connectivity index (χ3v) is 5.38. The molecule has 2 aliphatic rings. The van der Waals surface area contributed by atoms with E-state index in [2.05, 4.69) is 15.6 Å². The Hall–Kier alpha value is -1.71. The number of carbonyl (C=O) groups excluding carboxylic acids is 1. The number of amides is 1. The number of halogens is 1. The van der Waals surface area contributed by atoms with Crippen molar-refractivity contribution in [1.82, 2.24) is 15.5 Å². The van der Waals surface area contributed by atoms with Gasteiger partial charge in [0, 0.05) is 24.7 Å². The maximum absolute atomic E-state index is 12.6. The molecule has 2 unspecified atom stereocenters. The zero-order valence-corrected chi connectivity index (χ0v) is 20.7. The Morgan fingerprint density at radius 2 is 1.80 bits per heavy atom. The van der Waals surface area contributed by atoms with Crippen molar-refractivity contribution < 1.29 is 14.6 Å². The van der Waals surface area contributed by atoms with Gasteiger partial charge in [0.2, 0.25) is 0 Å². The summed E-state index contributed by atoms with van der Waals surface area (Å²) in [4.78, 5) is 19.3. The fourth-order valence-electron chi connectivity index (χ4n) is 4.19. The molecule has 7 nitrogen and oxygen atoms in total. The molecule has 0 saturated carbocycles. The van der Waals surface area contributed by atoms with Gasteiger partial charge >= 0.3 is 6.09 Å². The molecule has 2 heterocycles. The van der Waals surface area contributed by atoms with Crippen LogP contribution in [0.3, 0.4) is 0 Å². The van der Waals surface area contributed by atoms with Crippen molar-refractivity contribution in [1.29, 1.82) is 0 Å². The molecule has 30 heavy (non-hydrogen) atoms. The summed E-state index contributed by atoms with van der Waals surface area (Å²) in [6.07, 6.45) is 3.68. The van der Waals surface area contributed by atoms with Gasteiger partial charge in [-0.2, -0.15) is 0 Å². The second-order valence-electron chi connectivity index (χ2n) is 8.95. The molecule has 0 radical (unpaired) electrons. The average molecular weight is 530 g/mol. The van der Waals surface area contributed by atoms with Crippen LogP contribution in [0, 0.1) is 0 Å². The number of hydrogen-bond acceptors (Lipinski definition) is 4. The summed E-state index contributed by atoms with van der Waals surface area (Å²) in [5, 5.41) is 16.3. The number of ether oxygens (including phenoxy) is 1. The molecule has 2 aliphatic heterocycles. The van der Waals surface area contributed by atoms with Crippen molar-refractivity contribution in [2.45, 2.75) is 83.6 Å². The van der Waals surface area contributed by atoms with Gasteiger partial charge in [0.1, 0.15) is 11.4 Å². The van der Waals surface area contributed by atoms with Gasteiger partial charge in [0.15, 0.2) is 5.96 Å². The van der Waals surface area contributed by atoms with E-state index in [0.29, 0.717) is 6.54 Å². The lowest BCUT2D eigenvalue weighted by molar-refractivity contribution is 0.00545. The van der Waals surface area contributed by atoms with Crippen LogP contribution < -0.4 is 10.6 Å². The van der Waals surface area contributed by atoms with Crippen molar-refractivity contribution in [2.24, 2.45) is 4.99 Å². The molecule has 0 aliphatic carbocycles. The zero-order chi connectivity index (χ0) is 21.0. The SMILES string of the molecule is CCNC(=NCc1ccc(O)cc1)NC1CC2CCC(C1)N2C(=O)OC(C)(C)C.I. The largest absolute Gasteiger partial charge is 0.508 e. The number of aliphatic imine (C=N–C) groups is 1. The third kappa shape index (κ3) is 6.65. The first kappa shape index (κ1) is 24.6. The maximum atomic E-state index is 12.6. The molecule has 0 aromatic heterocycles. The van der Waals surface area contributed by atoms with Crippen molar-refractivity contribution in [2.75, 3.05) is 6.54 Å². The minimum atomic E-state index is -0.468. The topological polar surface area (TPSA) is 86.2 Å². The van der Waals surface area contributed by atoms with Crippen LogP contribution in [0.2, 0.25) is 0 Å². The number of carbonyl (C=O) groups is 1. The summed E-state index contributed by atoms with van der Waals surface area (Å²) in [6.45, 7) is 9.11. The molecule has 2 atom stereocenters. The standard InChI is InChI=1S/C22H34N4O3.HI/c1-5-23-20(24-14-15-6-10-19(27)11-7-15)25-16-12-17-8-9-18(13-16)26(17)21(28)29-22(2,3)4;/h6-7,10-11,16-18,27H,5,8-9,12-14H2,1-4H3,(H2,23,24,25);1H. The molecule has 2 saturated heterocycles. The van der Waals surface area contributed by atoms with Gasteiger partial charge in [-0.3, -0.25) is 0 Å². The summed E-state index contributed by atoms with van der Waals surface area (Å²) in [5.74, 6) is 1.05. The van der Waals surface area contributed by atoms with Crippen LogP contribution in [0.15, 0.2) is 29.3 Å². The Balaban J connectivity index is 0.00000320. The Morgan fingerprint density at radius 3 is 2.33 bits per heavy atom. The highest BCUT2D eigenvalue weighted by molar-refractivity contribution is 14.0. The van der Waals surface area contributed by atoms with Gasteiger partial charge in [-0.05, 0) is 71.1 Å². The summed E-state index contributed by atoms with van der Waals surface area (Å²) in [5.41, 5.74) is 0.574. The number of phenols is 1. The van der Waals surface area contributed by atoms with E-state index >= 15 is 0 Å². The Kier molecular flexibility index (Phi) is 8.63. The van der Waals surface area contributed by atoms with Crippen LogP contribution >= 0.6 is 24.0 Å². The van der Waals surface area contributed by atoms with Crippen LogP contribution in [0.5, 0.6) is 5.75 Å². The number of nitrogens with zero attached hydrogens (tertiary/aromatic N) is 2. The van der Waals surface area contributed by atoms with Crippen LogP contribution in [-0.2, 0) is 11.3 Å². The molecular weight excluding hydrogens is 495 g/mol. The number of hydrogen-bond donors (Lipinski definition) is 3. The highest BCUT2D eigenvalue weighted by atomic mass is 127. The van der Waals surface area contributed by atoms with Crippen molar-refractivity contribution in [3.05, 3.63) is 29.8 Å². The number of fused-ring (bicyclic) bond motifs is 2. The average Bonchev–Trinajstić information content (AvgIpc) is 2.91. The lowest BCUT2D eigenvalue weighted by atomic mass is 9.98. The number of phenolic OH excluding ortho intramolecular Hbond substituents is 1. The minimum absolute atomic E-state index is 0. The monoisotopic (exact) mass is 530 g/mol. The van der Waals surface area contributed by atoms with Gasteiger partial charge in [-0.25, -0.2) is 9.79 Å². The number of piperidine rings is 1. The van der Waals surface area contributed by atoms with Crippen LogP contribution in [0.1, 0.15) is 58.9 Å². The van der Waals surface area contributed by atoms with Crippen LogP contribution in [0.25, 0.3) is 0 Å². The molecular formula is C22H35IN4O3. The van der Waals surface area contributed by atoms with Crippen LogP contribution in [0.4, 0.5) is 4.79 Å². The molecule has 168 valence electrons. The molecule has 1 aromatic rings. The molecule has 3 rings (SSSR count). The lowest BCUT2D eigenvalue weighted by Gasteiger charge is -2.40. The van der Waals surface area contributed by atoms with Crippen molar-refractivity contribution in [3.8, 4) is 5.75 Å². The number of benzene rings is 1. The minimum Gasteiger partial charge on any atom is -0.508 e. The first-order valence-corrected chi connectivity index (χ1v) is 10.6. The van der Waals surface area contributed by atoms with E-state index in [1.54, 1.807) is 12.1 Å². The van der Waals surface area contributed by atoms with E-state index in [9.17, 15) is 9.90 Å². The van der Waals surface area contributed by atoms with Gasteiger partial charge in [-0.1, -0.05) is 12.1 Å². The molecule has 8 heteroatoms. The van der Waals surface area contributed by atoms with Gasteiger partial charge < -0.3 is 25.4 Å². The number of guanidine groups is 1. The normalized spacial score (nSPS) is 23.5. The third-order valence-electron chi connectivity index (χ3n) is 5.38. The Morgan fingerprint density at radius 1 is 1.20 bits per heavy atom. The quantitative estimate of drug-likeness (QED) is 0.312. The van der Waals surface area contributed by atoms with Crippen molar-refractivity contribution in [3.63, 3.8) is 0 Å². The van der Waals surface area contributed by atoms with E-state index in [-0.39, 0.29) is 53.9 Å². The van der Waals surface area contributed by atoms with Gasteiger partial charge in [0.25, 0.3) is 0 Å². The lowest BCUT2D eigenvalue weighted by Crippen LogP contribution is -2.55. The van der Waals surface area contributed by atoms with E-state index in [4.69, 9.17) is 4.74 Å². The van der Waals surface area contributed by atoms with Gasteiger partial charge in [0.05, 0.1) is 6.54 Å². The second kappa shape index (κ2) is 10.5. The summed E-state index contributed by atoms with van der Waals surface area (Å²) in [6, 6.07) is 7.83. The fraction of sp³-hybridized carbons (Fsp3) is 0.636. The predicted molar refractivity (Wildman–Crippen MR) is 129 cm³/mol. The Bertz CT molecular complexity index is 719. The van der Waals surface area contributed by atoms with Crippen LogP contribution in [-0.4, -0.2) is 52.3 Å². The smallest absolute Gasteiger partial charge is 0.410 e. The number of aromatic hydroxyl groups is 1. The van der Waals surface area contributed by atoms with E-state index in [1.165, 1.54) is 0 Å².